The number of likely N-dealkylation sites (N-methyl/N-ethyl adjacent to an activating group) is 1. The molecule has 5 rings (SSSR count). The smallest absolute Gasteiger partial charge is 0.342 e. The molecule has 2 fully saturated rings. The van der Waals surface area contributed by atoms with Crippen molar-refractivity contribution < 1.29 is 27.2 Å². The Bertz CT molecular complexity index is 1420. The van der Waals surface area contributed by atoms with Crippen LogP contribution < -0.4 is 10.6 Å². The first-order valence-electron chi connectivity index (χ1n) is 13.8. The Hall–Kier alpha value is -3.72. The molecule has 3 aromatic rings. The Labute approximate surface area is 236 Å². The maximum absolute atomic E-state index is 13.6. The van der Waals surface area contributed by atoms with Crippen molar-refractivity contribution in [2.75, 3.05) is 18.9 Å². The fraction of sp³-hybridized carbons (Fsp3) is 0.375. The second-order valence-corrected chi connectivity index (χ2v) is 11.2. The molecule has 4 unspecified atom stereocenters. The molecule has 0 spiro atoms. The van der Waals surface area contributed by atoms with E-state index in [2.05, 4.69) is 10.6 Å². The third kappa shape index (κ3) is 6.45. The van der Waals surface area contributed by atoms with Gasteiger partial charge in [-0.2, -0.15) is 13.2 Å². The van der Waals surface area contributed by atoms with Gasteiger partial charge < -0.3 is 15.5 Å². The molecule has 0 aliphatic carbocycles. The van der Waals surface area contributed by atoms with Crippen LogP contribution in [0.15, 0.2) is 66.7 Å². The van der Waals surface area contributed by atoms with Gasteiger partial charge in [0.1, 0.15) is 5.82 Å². The minimum Gasteiger partial charge on any atom is -0.342 e. The van der Waals surface area contributed by atoms with Crippen molar-refractivity contribution in [1.29, 1.82) is 0 Å². The summed E-state index contributed by atoms with van der Waals surface area (Å²) in [5.74, 6) is -1.00. The Morgan fingerprint density at radius 3 is 2.54 bits per heavy atom. The minimum absolute atomic E-state index is 0.0230. The molecule has 41 heavy (non-hydrogen) atoms. The lowest BCUT2D eigenvalue weighted by atomic mass is 9.74. The van der Waals surface area contributed by atoms with Gasteiger partial charge in [0.2, 0.25) is 5.91 Å². The van der Waals surface area contributed by atoms with Crippen LogP contribution in [-0.4, -0.2) is 42.4 Å². The average molecular weight is 568 g/mol. The fourth-order valence-electron chi connectivity index (χ4n) is 6.15. The molecule has 2 aliphatic heterocycles. The number of halogens is 4. The molecule has 5 nitrogen and oxygen atoms in total. The number of carbonyl (C=O) groups is 2. The first-order valence-corrected chi connectivity index (χ1v) is 13.8. The first kappa shape index (κ1) is 28.8. The predicted molar refractivity (Wildman–Crippen MR) is 149 cm³/mol. The van der Waals surface area contributed by atoms with E-state index in [1.54, 1.807) is 24.3 Å². The SMILES string of the molecule is Cc1ccc(NC(=O)c2cccc(C(F)(F)F)c2)cc1C1CC2CNC(CCc3ccc(F)cc3)CC2N(C)C1=O. The summed E-state index contributed by atoms with van der Waals surface area (Å²) in [5.41, 5.74) is 2.24. The molecule has 3 aromatic carbocycles. The van der Waals surface area contributed by atoms with E-state index in [4.69, 9.17) is 0 Å². The van der Waals surface area contributed by atoms with Crippen molar-refractivity contribution >= 4 is 17.5 Å². The van der Waals surface area contributed by atoms with E-state index >= 15 is 0 Å². The van der Waals surface area contributed by atoms with E-state index in [0.29, 0.717) is 12.1 Å². The van der Waals surface area contributed by atoms with Crippen molar-refractivity contribution in [3.8, 4) is 0 Å². The van der Waals surface area contributed by atoms with E-state index in [-0.39, 0.29) is 41.2 Å². The van der Waals surface area contributed by atoms with Crippen molar-refractivity contribution in [1.82, 2.24) is 10.2 Å². The number of aryl methyl sites for hydroxylation is 2. The number of carbonyl (C=O) groups excluding carboxylic acids is 2. The highest BCUT2D eigenvalue weighted by atomic mass is 19.4. The number of hydrogen-bond acceptors (Lipinski definition) is 3. The third-order valence-corrected chi connectivity index (χ3v) is 8.48. The van der Waals surface area contributed by atoms with Crippen molar-refractivity contribution in [2.24, 2.45) is 5.92 Å². The van der Waals surface area contributed by atoms with Gasteiger partial charge in [0, 0.05) is 36.9 Å². The van der Waals surface area contributed by atoms with Crippen LogP contribution in [0, 0.1) is 18.7 Å². The standard InChI is InChI=1S/C32H33F4N3O2/c1-19-6-12-26(38-30(40)21-4-3-5-23(14-21)32(34,35)36)16-27(19)28-15-22-18-37-25(17-29(22)39(2)31(28)41)13-9-20-7-10-24(33)11-8-20/h3-8,10-12,14,16,22,25,28-29,37H,9,13,15,17-18H2,1-2H3,(H,38,40). The van der Waals surface area contributed by atoms with Crippen LogP contribution in [0.25, 0.3) is 0 Å². The van der Waals surface area contributed by atoms with Crippen LogP contribution >= 0.6 is 0 Å². The highest BCUT2D eigenvalue weighted by Crippen LogP contribution is 2.40. The number of amides is 2. The second kappa shape index (κ2) is 11.6. The maximum atomic E-state index is 13.6. The lowest BCUT2D eigenvalue weighted by Gasteiger charge is -2.48. The molecule has 2 amide bonds. The Balaban J connectivity index is 1.26. The van der Waals surface area contributed by atoms with Gasteiger partial charge in [0.15, 0.2) is 0 Å². The Kier molecular flexibility index (Phi) is 8.18. The highest BCUT2D eigenvalue weighted by molar-refractivity contribution is 6.04. The van der Waals surface area contributed by atoms with E-state index in [1.165, 1.54) is 24.3 Å². The number of alkyl halides is 3. The van der Waals surface area contributed by atoms with Gasteiger partial charge in [-0.05, 0) is 97.7 Å². The van der Waals surface area contributed by atoms with Gasteiger partial charge in [0.25, 0.3) is 5.91 Å². The van der Waals surface area contributed by atoms with Crippen LogP contribution in [0.5, 0.6) is 0 Å². The number of hydrogen-bond donors (Lipinski definition) is 2. The van der Waals surface area contributed by atoms with Crippen LogP contribution in [0.1, 0.15) is 57.8 Å². The van der Waals surface area contributed by atoms with Crippen LogP contribution in [0.3, 0.4) is 0 Å². The molecular weight excluding hydrogens is 534 g/mol. The second-order valence-electron chi connectivity index (χ2n) is 11.2. The summed E-state index contributed by atoms with van der Waals surface area (Å²) >= 11 is 0. The monoisotopic (exact) mass is 567 g/mol. The molecule has 0 radical (unpaired) electrons. The van der Waals surface area contributed by atoms with Gasteiger partial charge in [-0.3, -0.25) is 9.59 Å². The topological polar surface area (TPSA) is 61.4 Å². The molecule has 0 aromatic heterocycles. The van der Waals surface area contributed by atoms with Gasteiger partial charge in [-0.1, -0.05) is 24.3 Å². The molecule has 4 atom stereocenters. The minimum atomic E-state index is -4.55. The number of piperidine rings is 2. The summed E-state index contributed by atoms with van der Waals surface area (Å²) in [7, 11) is 1.85. The number of fused-ring (bicyclic) bond motifs is 1. The highest BCUT2D eigenvalue weighted by Gasteiger charge is 2.43. The molecule has 0 saturated carbocycles. The summed E-state index contributed by atoms with van der Waals surface area (Å²) in [6.07, 6.45) is -1.32. The number of nitrogens with zero attached hydrogens (tertiary/aromatic N) is 1. The number of rotatable bonds is 6. The summed E-state index contributed by atoms with van der Waals surface area (Å²) in [4.78, 5) is 28.3. The first-order chi connectivity index (χ1) is 19.5. The normalized spacial score (nSPS) is 22.8. The lowest BCUT2D eigenvalue weighted by molar-refractivity contribution is -0.140. The molecule has 9 heteroatoms. The zero-order valence-corrected chi connectivity index (χ0v) is 23.0. The van der Waals surface area contributed by atoms with Crippen LogP contribution in [-0.2, 0) is 17.4 Å². The van der Waals surface area contributed by atoms with E-state index in [0.717, 1.165) is 54.6 Å². The molecule has 216 valence electrons. The zero-order chi connectivity index (χ0) is 29.3. The van der Waals surface area contributed by atoms with Crippen LogP contribution in [0.4, 0.5) is 23.2 Å². The third-order valence-electron chi connectivity index (χ3n) is 8.48. The molecule has 2 heterocycles. The van der Waals surface area contributed by atoms with Crippen molar-refractivity contribution in [3.63, 3.8) is 0 Å². The molecule has 2 aliphatic rings. The summed E-state index contributed by atoms with van der Waals surface area (Å²) in [6, 6.07) is 16.5. The molecule has 2 saturated heterocycles. The molecular formula is C32H33F4N3O2. The summed E-state index contributed by atoms with van der Waals surface area (Å²) < 4.78 is 52.5. The lowest BCUT2D eigenvalue weighted by Crippen LogP contribution is -2.58. The van der Waals surface area contributed by atoms with Gasteiger partial charge in [-0.25, -0.2) is 4.39 Å². The fourth-order valence-corrected chi connectivity index (χ4v) is 6.15. The van der Waals surface area contributed by atoms with Crippen LogP contribution in [0.2, 0.25) is 0 Å². The number of anilines is 1. The van der Waals surface area contributed by atoms with Crippen molar-refractivity contribution in [2.45, 2.75) is 56.8 Å². The number of benzene rings is 3. The van der Waals surface area contributed by atoms with E-state index in [9.17, 15) is 27.2 Å². The number of likely N-dealkylation sites (tertiary alicyclic amines) is 1. The molecule has 0 bridgehead atoms. The maximum Gasteiger partial charge on any atom is 0.416 e. The Morgan fingerprint density at radius 2 is 1.80 bits per heavy atom. The predicted octanol–water partition coefficient (Wildman–Crippen LogP) is 6.33. The average Bonchev–Trinajstić information content (AvgIpc) is 2.95. The summed E-state index contributed by atoms with van der Waals surface area (Å²) in [5, 5.41) is 6.34. The van der Waals surface area contributed by atoms with Gasteiger partial charge in [0.05, 0.1) is 11.5 Å². The van der Waals surface area contributed by atoms with Gasteiger partial charge in [-0.15, -0.1) is 0 Å². The largest absolute Gasteiger partial charge is 0.416 e. The van der Waals surface area contributed by atoms with E-state index in [1.807, 2.05) is 24.9 Å². The van der Waals surface area contributed by atoms with Crippen molar-refractivity contribution in [3.05, 3.63) is 100 Å². The summed E-state index contributed by atoms with van der Waals surface area (Å²) in [6.45, 7) is 2.69. The Morgan fingerprint density at radius 1 is 1.05 bits per heavy atom. The molecule has 2 N–H and O–H groups in total. The quantitative estimate of drug-likeness (QED) is 0.342. The number of nitrogens with one attached hydrogen (secondary N) is 2. The zero-order valence-electron chi connectivity index (χ0n) is 23.0. The van der Waals surface area contributed by atoms with E-state index < -0.39 is 17.6 Å². The van der Waals surface area contributed by atoms with Gasteiger partial charge >= 0.3 is 6.18 Å².